The summed E-state index contributed by atoms with van der Waals surface area (Å²) in [5, 5.41) is 12.0. The second kappa shape index (κ2) is 7.38. The summed E-state index contributed by atoms with van der Waals surface area (Å²) in [5.41, 5.74) is 1.17. The molecule has 0 saturated carbocycles. The highest BCUT2D eigenvalue weighted by atomic mass is 35.5. The van der Waals surface area contributed by atoms with Crippen LogP contribution in [-0.4, -0.2) is 21.8 Å². The SMILES string of the molecule is C=CCSC1=NN2C(=c3ccccc3=NC2c2ccc(Cl)cc2Cl)C(=O)N1. The molecule has 0 spiro atoms. The van der Waals surface area contributed by atoms with Crippen molar-refractivity contribution in [1.82, 2.24) is 10.3 Å². The Hall–Kier alpha value is -2.28. The Morgan fingerprint density at radius 2 is 2.07 bits per heavy atom. The normalized spacial score (nSPS) is 18.1. The molecule has 0 fully saturated rings. The van der Waals surface area contributed by atoms with Gasteiger partial charge in [0.1, 0.15) is 5.70 Å². The van der Waals surface area contributed by atoms with Crippen molar-refractivity contribution in [2.75, 3.05) is 5.75 Å². The van der Waals surface area contributed by atoms with Gasteiger partial charge in [0.2, 0.25) is 0 Å². The predicted octanol–water partition coefficient (Wildman–Crippen LogP) is 3.06. The fourth-order valence-electron chi connectivity index (χ4n) is 2.94. The third-order valence-electron chi connectivity index (χ3n) is 4.09. The molecule has 2 aliphatic heterocycles. The molecule has 0 aliphatic carbocycles. The van der Waals surface area contributed by atoms with E-state index in [9.17, 15) is 4.79 Å². The Labute approximate surface area is 170 Å². The number of amides is 1. The number of amidine groups is 1. The van der Waals surface area contributed by atoms with E-state index in [1.807, 2.05) is 30.3 Å². The number of halogens is 2. The van der Waals surface area contributed by atoms with Crippen LogP contribution >= 0.6 is 35.0 Å². The molecule has 0 radical (unpaired) electrons. The summed E-state index contributed by atoms with van der Waals surface area (Å²) in [4.78, 5) is 17.7. The van der Waals surface area contributed by atoms with Crippen LogP contribution in [0.4, 0.5) is 0 Å². The van der Waals surface area contributed by atoms with Crippen LogP contribution < -0.4 is 15.9 Å². The topological polar surface area (TPSA) is 57.1 Å². The number of benzene rings is 2. The molecular weight excluding hydrogens is 403 g/mol. The zero-order valence-electron chi connectivity index (χ0n) is 14.0. The summed E-state index contributed by atoms with van der Waals surface area (Å²) < 4.78 is 0. The number of carbonyl (C=O) groups is 1. The summed E-state index contributed by atoms with van der Waals surface area (Å²) in [6.45, 7) is 3.70. The van der Waals surface area contributed by atoms with Crippen molar-refractivity contribution in [3.05, 3.63) is 81.3 Å². The maximum atomic E-state index is 12.9. The molecule has 2 aliphatic rings. The van der Waals surface area contributed by atoms with E-state index in [1.54, 1.807) is 23.2 Å². The minimum Gasteiger partial charge on any atom is -0.298 e. The number of nitrogens with one attached hydrogen (secondary N) is 1. The van der Waals surface area contributed by atoms with E-state index in [0.717, 1.165) is 10.8 Å². The fraction of sp³-hybridized carbons (Fsp3) is 0.105. The highest BCUT2D eigenvalue weighted by molar-refractivity contribution is 8.14. The van der Waals surface area contributed by atoms with Crippen LogP contribution in [0, 0.1) is 0 Å². The zero-order valence-corrected chi connectivity index (χ0v) is 16.4. The third kappa shape index (κ3) is 3.36. The lowest BCUT2D eigenvalue weighted by Crippen LogP contribution is -2.50. The molecule has 8 heteroatoms. The van der Waals surface area contributed by atoms with E-state index in [4.69, 9.17) is 28.2 Å². The quantitative estimate of drug-likeness (QED) is 0.782. The highest BCUT2D eigenvalue weighted by Gasteiger charge is 2.35. The standard InChI is InChI=1S/C19H14Cl2N4OS/c1-2-9-27-19-23-18(26)16-13-5-3-4-6-15(13)22-17(25(16)24-19)12-8-7-11(20)10-14(12)21/h2-8,10,17H,1,9H2,(H,23,24,26). The van der Waals surface area contributed by atoms with Crippen molar-refractivity contribution in [1.29, 1.82) is 0 Å². The van der Waals surface area contributed by atoms with Gasteiger partial charge in [0.15, 0.2) is 11.3 Å². The van der Waals surface area contributed by atoms with Gasteiger partial charge in [0.05, 0.1) is 5.36 Å². The van der Waals surface area contributed by atoms with Crippen LogP contribution in [0.5, 0.6) is 0 Å². The fourth-order valence-corrected chi connectivity index (χ4v) is 4.04. The summed E-state index contributed by atoms with van der Waals surface area (Å²) >= 11 is 13.9. The number of thioether (sulfide) groups is 1. The van der Waals surface area contributed by atoms with Crippen molar-refractivity contribution in [3.8, 4) is 0 Å². The van der Waals surface area contributed by atoms with E-state index in [0.29, 0.717) is 32.0 Å². The largest absolute Gasteiger partial charge is 0.298 e. The Balaban J connectivity index is 1.93. The number of rotatable bonds is 3. The van der Waals surface area contributed by atoms with Gasteiger partial charge < -0.3 is 0 Å². The minimum absolute atomic E-state index is 0.228. The first-order chi connectivity index (χ1) is 13.1. The molecule has 1 unspecified atom stereocenters. The lowest BCUT2D eigenvalue weighted by molar-refractivity contribution is -0.116. The van der Waals surface area contributed by atoms with Gasteiger partial charge in [-0.2, -0.15) is 0 Å². The van der Waals surface area contributed by atoms with Crippen LogP contribution in [-0.2, 0) is 4.79 Å². The molecule has 5 nitrogen and oxygen atoms in total. The van der Waals surface area contributed by atoms with E-state index >= 15 is 0 Å². The summed E-state index contributed by atoms with van der Waals surface area (Å²) in [7, 11) is 0. The van der Waals surface area contributed by atoms with Gasteiger partial charge in [0.25, 0.3) is 5.91 Å². The van der Waals surface area contributed by atoms with E-state index in [1.165, 1.54) is 11.8 Å². The molecule has 136 valence electrons. The monoisotopic (exact) mass is 416 g/mol. The second-order valence-electron chi connectivity index (χ2n) is 5.84. The average Bonchev–Trinajstić information content (AvgIpc) is 2.65. The number of fused-ring (bicyclic) bond motifs is 2. The molecule has 1 amide bonds. The van der Waals surface area contributed by atoms with Gasteiger partial charge in [0, 0.05) is 26.6 Å². The third-order valence-corrected chi connectivity index (χ3v) is 5.52. The molecule has 2 aromatic carbocycles. The highest BCUT2D eigenvalue weighted by Crippen LogP contribution is 2.35. The number of hydrazone groups is 1. The molecule has 0 saturated heterocycles. The molecule has 4 rings (SSSR count). The number of hydrogen-bond acceptors (Lipinski definition) is 5. The van der Waals surface area contributed by atoms with Gasteiger partial charge in [-0.1, -0.05) is 65.3 Å². The lowest BCUT2D eigenvalue weighted by atomic mass is 10.1. The van der Waals surface area contributed by atoms with Gasteiger partial charge in [-0.25, -0.2) is 5.01 Å². The maximum Gasteiger partial charge on any atom is 0.276 e. The van der Waals surface area contributed by atoms with Crippen molar-refractivity contribution in [2.45, 2.75) is 6.17 Å². The second-order valence-corrected chi connectivity index (χ2v) is 7.69. The van der Waals surface area contributed by atoms with E-state index < -0.39 is 6.17 Å². The molecular formula is C19H14Cl2N4OS. The first-order valence-electron chi connectivity index (χ1n) is 8.13. The van der Waals surface area contributed by atoms with Crippen LogP contribution in [0.25, 0.3) is 5.70 Å². The first kappa shape index (κ1) is 18.1. The summed E-state index contributed by atoms with van der Waals surface area (Å²) in [5.74, 6) is 0.400. The van der Waals surface area contributed by atoms with Crippen molar-refractivity contribution >= 4 is 51.7 Å². The van der Waals surface area contributed by atoms with Crippen LogP contribution in [0.15, 0.2) is 65.2 Å². The van der Waals surface area contributed by atoms with E-state index in [-0.39, 0.29) is 5.91 Å². The van der Waals surface area contributed by atoms with Crippen LogP contribution in [0.1, 0.15) is 11.7 Å². The number of para-hydroxylation sites is 1. The van der Waals surface area contributed by atoms with Crippen LogP contribution in [0.3, 0.4) is 0 Å². The number of nitrogens with zero attached hydrogens (tertiary/aromatic N) is 3. The van der Waals surface area contributed by atoms with Gasteiger partial charge in [-0.3, -0.25) is 15.1 Å². The number of carbonyl (C=O) groups excluding carboxylic acids is 1. The van der Waals surface area contributed by atoms with Gasteiger partial charge in [-0.05, 0) is 18.2 Å². The molecule has 1 atom stereocenters. The van der Waals surface area contributed by atoms with Crippen LogP contribution in [0.2, 0.25) is 10.0 Å². The Bertz CT molecular complexity index is 1100. The molecule has 1 N–H and O–H groups in total. The van der Waals surface area contributed by atoms with E-state index in [2.05, 4.69) is 17.0 Å². The van der Waals surface area contributed by atoms with Crippen molar-refractivity contribution in [2.24, 2.45) is 10.1 Å². The minimum atomic E-state index is -0.565. The number of hydrogen-bond donors (Lipinski definition) is 1. The summed E-state index contributed by atoms with van der Waals surface area (Å²) in [6, 6.07) is 12.7. The van der Waals surface area contributed by atoms with Gasteiger partial charge >= 0.3 is 0 Å². The molecule has 0 bridgehead atoms. The lowest BCUT2D eigenvalue weighted by Gasteiger charge is -2.34. The molecule has 2 aromatic rings. The smallest absolute Gasteiger partial charge is 0.276 e. The first-order valence-corrected chi connectivity index (χ1v) is 9.87. The Morgan fingerprint density at radius 1 is 1.26 bits per heavy atom. The van der Waals surface area contributed by atoms with Crippen molar-refractivity contribution in [3.63, 3.8) is 0 Å². The molecule has 0 aromatic heterocycles. The zero-order chi connectivity index (χ0) is 19.0. The molecule has 27 heavy (non-hydrogen) atoms. The molecule has 2 heterocycles. The summed E-state index contributed by atoms with van der Waals surface area (Å²) in [6.07, 6.45) is 1.19. The maximum absolute atomic E-state index is 12.9. The van der Waals surface area contributed by atoms with Crippen molar-refractivity contribution < 1.29 is 4.79 Å². The average molecular weight is 417 g/mol. The Kier molecular flexibility index (Phi) is 4.95. The van der Waals surface area contributed by atoms with Gasteiger partial charge in [-0.15, -0.1) is 11.7 Å². The Morgan fingerprint density at radius 3 is 2.85 bits per heavy atom. The predicted molar refractivity (Wildman–Crippen MR) is 110 cm³/mol.